The molecule has 0 amide bonds. The minimum absolute atomic E-state index is 0.316. The molecule has 2 nitrogen and oxygen atoms in total. The number of hydrogen-bond donors (Lipinski definition) is 1. The second kappa shape index (κ2) is 4.27. The first-order valence-corrected chi connectivity index (χ1v) is 6.08. The summed E-state index contributed by atoms with van der Waals surface area (Å²) in [7, 11) is 0. The van der Waals surface area contributed by atoms with Crippen molar-refractivity contribution in [2.24, 2.45) is 5.41 Å². The number of benzene rings is 1. The van der Waals surface area contributed by atoms with Crippen LogP contribution < -0.4 is 10.1 Å². The minimum Gasteiger partial charge on any atom is -0.492 e. The van der Waals surface area contributed by atoms with Crippen molar-refractivity contribution in [3.05, 3.63) is 28.8 Å². The number of ether oxygens (including phenoxy) is 1. The molecule has 0 radical (unpaired) electrons. The summed E-state index contributed by atoms with van der Waals surface area (Å²) in [5, 5.41) is 4.13. The molecule has 1 unspecified atom stereocenters. The zero-order chi connectivity index (χ0) is 11.8. The molecule has 1 aliphatic rings. The Morgan fingerprint density at radius 1 is 1.50 bits per heavy atom. The lowest BCUT2D eigenvalue weighted by Crippen LogP contribution is -2.52. The Morgan fingerprint density at radius 2 is 2.25 bits per heavy atom. The van der Waals surface area contributed by atoms with Crippen LogP contribution in [0.3, 0.4) is 0 Å². The van der Waals surface area contributed by atoms with Crippen molar-refractivity contribution in [2.45, 2.75) is 26.8 Å². The van der Waals surface area contributed by atoms with E-state index in [1.165, 1.54) is 5.56 Å². The van der Waals surface area contributed by atoms with E-state index in [9.17, 15) is 0 Å². The van der Waals surface area contributed by atoms with Crippen LogP contribution in [-0.4, -0.2) is 13.2 Å². The molecule has 0 bridgehead atoms. The zero-order valence-electron chi connectivity index (χ0n) is 10.0. The molecule has 1 atom stereocenters. The molecule has 1 saturated heterocycles. The van der Waals surface area contributed by atoms with Gasteiger partial charge in [-0.2, -0.15) is 0 Å². The third-order valence-electron chi connectivity index (χ3n) is 3.13. The molecule has 1 fully saturated rings. The van der Waals surface area contributed by atoms with Gasteiger partial charge in [0.05, 0.1) is 11.6 Å². The largest absolute Gasteiger partial charge is 0.492 e. The lowest BCUT2D eigenvalue weighted by molar-refractivity contribution is 0.128. The molecule has 0 aliphatic carbocycles. The molecule has 1 aromatic carbocycles. The average molecular weight is 240 g/mol. The topological polar surface area (TPSA) is 21.3 Å². The molecular weight excluding hydrogens is 222 g/mol. The molecule has 1 aliphatic heterocycles. The van der Waals surface area contributed by atoms with Crippen LogP contribution in [0.5, 0.6) is 5.75 Å². The summed E-state index contributed by atoms with van der Waals surface area (Å²) in [5.74, 6) is 0.769. The van der Waals surface area contributed by atoms with Gasteiger partial charge in [0.25, 0.3) is 0 Å². The van der Waals surface area contributed by atoms with Crippen molar-refractivity contribution in [1.82, 2.24) is 5.32 Å². The van der Waals surface area contributed by atoms with Crippen molar-refractivity contribution >= 4 is 11.6 Å². The number of nitrogens with one attached hydrogen (secondary N) is 1. The van der Waals surface area contributed by atoms with Crippen LogP contribution in [0.25, 0.3) is 0 Å². The quantitative estimate of drug-likeness (QED) is 0.873. The molecule has 1 aromatic rings. The SMILES string of the molecule is CCOc1ccc(C2NCC2(C)C)cc1Cl. The van der Waals surface area contributed by atoms with Gasteiger partial charge in [-0.3, -0.25) is 0 Å². The number of halogens is 1. The van der Waals surface area contributed by atoms with Crippen LogP contribution >= 0.6 is 11.6 Å². The monoisotopic (exact) mass is 239 g/mol. The molecule has 88 valence electrons. The maximum absolute atomic E-state index is 6.17. The fourth-order valence-electron chi connectivity index (χ4n) is 2.15. The molecular formula is C13H18ClNO. The van der Waals surface area contributed by atoms with E-state index in [2.05, 4.69) is 25.2 Å². The van der Waals surface area contributed by atoms with Gasteiger partial charge in [-0.05, 0) is 30.0 Å². The molecule has 3 heteroatoms. The summed E-state index contributed by atoms with van der Waals surface area (Å²) in [4.78, 5) is 0. The Balaban J connectivity index is 2.21. The van der Waals surface area contributed by atoms with E-state index in [0.717, 1.165) is 12.3 Å². The van der Waals surface area contributed by atoms with Gasteiger partial charge in [-0.15, -0.1) is 0 Å². The van der Waals surface area contributed by atoms with E-state index >= 15 is 0 Å². The second-order valence-corrected chi connectivity index (χ2v) is 5.33. The van der Waals surface area contributed by atoms with Crippen molar-refractivity contribution in [1.29, 1.82) is 0 Å². The van der Waals surface area contributed by atoms with E-state index in [1.54, 1.807) is 0 Å². The fourth-order valence-corrected chi connectivity index (χ4v) is 2.39. The van der Waals surface area contributed by atoms with Crippen molar-refractivity contribution in [3.63, 3.8) is 0 Å². The number of rotatable bonds is 3. The summed E-state index contributed by atoms with van der Waals surface area (Å²) in [6, 6.07) is 6.46. The summed E-state index contributed by atoms with van der Waals surface area (Å²) in [6.07, 6.45) is 0. The highest BCUT2D eigenvalue weighted by Crippen LogP contribution is 2.41. The van der Waals surface area contributed by atoms with Gasteiger partial charge >= 0.3 is 0 Å². The normalized spacial score (nSPS) is 22.6. The van der Waals surface area contributed by atoms with Crippen molar-refractivity contribution in [3.8, 4) is 5.75 Å². The summed E-state index contributed by atoms with van der Waals surface area (Å²) in [6.45, 7) is 8.19. The Hall–Kier alpha value is -0.730. The number of hydrogen-bond acceptors (Lipinski definition) is 2. The second-order valence-electron chi connectivity index (χ2n) is 4.93. The zero-order valence-corrected chi connectivity index (χ0v) is 10.8. The molecule has 0 saturated carbocycles. The van der Waals surface area contributed by atoms with Crippen LogP contribution in [0, 0.1) is 5.41 Å². The van der Waals surface area contributed by atoms with Crippen molar-refractivity contribution in [2.75, 3.05) is 13.2 Å². The highest BCUT2D eigenvalue weighted by Gasteiger charge is 2.39. The third kappa shape index (κ3) is 2.04. The van der Waals surface area contributed by atoms with Crippen LogP contribution in [0.15, 0.2) is 18.2 Å². The predicted molar refractivity (Wildman–Crippen MR) is 67.1 cm³/mol. The maximum Gasteiger partial charge on any atom is 0.137 e. The van der Waals surface area contributed by atoms with Gasteiger partial charge < -0.3 is 10.1 Å². The molecule has 2 rings (SSSR count). The Morgan fingerprint density at radius 3 is 2.69 bits per heavy atom. The summed E-state index contributed by atoms with van der Waals surface area (Å²) >= 11 is 6.17. The van der Waals surface area contributed by atoms with Crippen LogP contribution in [0.4, 0.5) is 0 Å². The highest BCUT2D eigenvalue weighted by atomic mass is 35.5. The van der Waals surface area contributed by atoms with E-state index < -0.39 is 0 Å². The van der Waals surface area contributed by atoms with E-state index in [4.69, 9.17) is 16.3 Å². The third-order valence-corrected chi connectivity index (χ3v) is 3.43. The van der Waals surface area contributed by atoms with Gasteiger partial charge in [0, 0.05) is 12.6 Å². The standard InChI is InChI=1S/C13H18ClNO/c1-4-16-11-6-5-9(7-10(11)14)12-13(2,3)8-15-12/h5-7,12,15H,4,8H2,1-3H3. The molecule has 1 N–H and O–H groups in total. The fraction of sp³-hybridized carbons (Fsp3) is 0.538. The van der Waals surface area contributed by atoms with E-state index in [0.29, 0.717) is 23.1 Å². The van der Waals surface area contributed by atoms with Gasteiger partial charge in [-0.1, -0.05) is 31.5 Å². The van der Waals surface area contributed by atoms with Crippen LogP contribution in [-0.2, 0) is 0 Å². The molecule has 1 heterocycles. The first-order chi connectivity index (χ1) is 7.54. The molecule has 0 spiro atoms. The Labute approximate surface area is 102 Å². The lowest BCUT2D eigenvalue weighted by Gasteiger charge is -2.46. The molecule has 16 heavy (non-hydrogen) atoms. The van der Waals surface area contributed by atoms with Gasteiger partial charge in [0.1, 0.15) is 5.75 Å². The highest BCUT2D eigenvalue weighted by molar-refractivity contribution is 6.32. The average Bonchev–Trinajstić information content (AvgIpc) is 2.21. The van der Waals surface area contributed by atoms with E-state index in [1.807, 2.05) is 19.1 Å². The Kier molecular flexibility index (Phi) is 3.13. The van der Waals surface area contributed by atoms with Crippen LogP contribution in [0.2, 0.25) is 5.02 Å². The summed E-state index contributed by atoms with van der Waals surface area (Å²) in [5.41, 5.74) is 1.56. The van der Waals surface area contributed by atoms with Crippen molar-refractivity contribution < 1.29 is 4.74 Å². The molecule has 0 aromatic heterocycles. The van der Waals surface area contributed by atoms with Gasteiger partial charge in [0.2, 0.25) is 0 Å². The minimum atomic E-state index is 0.316. The Bertz CT molecular complexity index is 390. The first kappa shape index (κ1) is 11.7. The lowest BCUT2D eigenvalue weighted by atomic mass is 9.74. The summed E-state index contributed by atoms with van der Waals surface area (Å²) < 4.78 is 5.42. The first-order valence-electron chi connectivity index (χ1n) is 5.70. The predicted octanol–water partition coefficient (Wildman–Crippen LogP) is 3.41. The smallest absolute Gasteiger partial charge is 0.137 e. The maximum atomic E-state index is 6.17. The van der Waals surface area contributed by atoms with E-state index in [-0.39, 0.29) is 0 Å². The van der Waals surface area contributed by atoms with Gasteiger partial charge in [0.15, 0.2) is 0 Å². The van der Waals surface area contributed by atoms with Crippen LogP contribution in [0.1, 0.15) is 32.4 Å². The van der Waals surface area contributed by atoms with Gasteiger partial charge in [-0.25, -0.2) is 0 Å².